The first kappa shape index (κ1) is 16.9. The number of carbonyl (C=O) groups excluding carboxylic acids is 2. The van der Waals surface area contributed by atoms with E-state index in [2.05, 4.69) is 23.8 Å². The number of urea groups is 1. The van der Waals surface area contributed by atoms with E-state index in [1.807, 2.05) is 11.8 Å². The van der Waals surface area contributed by atoms with Gasteiger partial charge in [-0.2, -0.15) is 11.8 Å². The van der Waals surface area contributed by atoms with Gasteiger partial charge in [-0.25, -0.2) is 4.79 Å². The lowest BCUT2D eigenvalue weighted by Crippen LogP contribution is -2.36. The molecule has 2 fully saturated rings. The lowest BCUT2D eigenvalue weighted by Gasteiger charge is -2.20. The Morgan fingerprint density at radius 1 is 1.27 bits per heavy atom. The number of fused-ring (bicyclic) bond motifs is 1. The van der Waals surface area contributed by atoms with Crippen molar-refractivity contribution in [3.63, 3.8) is 0 Å². The first-order valence-corrected chi connectivity index (χ1v) is 8.88. The van der Waals surface area contributed by atoms with Gasteiger partial charge in [-0.3, -0.25) is 4.79 Å². The fourth-order valence-corrected chi connectivity index (χ4v) is 4.56. The first-order chi connectivity index (χ1) is 10.7. The van der Waals surface area contributed by atoms with Gasteiger partial charge in [0.25, 0.3) is 0 Å². The van der Waals surface area contributed by atoms with Gasteiger partial charge < -0.3 is 15.5 Å². The minimum absolute atomic E-state index is 0.0417. The highest BCUT2D eigenvalue weighted by atomic mass is 32.2. The van der Waals surface area contributed by atoms with Crippen molar-refractivity contribution < 1.29 is 9.59 Å². The Morgan fingerprint density at radius 3 is 2.68 bits per heavy atom. The van der Waals surface area contributed by atoms with Crippen molar-refractivity contribution in [1.29, 1.82) is 0 Å². The number of rotatable bonds is 9. The number of nitrogens with one attached hydrogen (secondary N) is 2. The van der Waals surface area contributed by atoms with E-state index in [0.717, 1.165) is 25.0 Å². The van der Waals surface area contributed by atoms with Gasteiger partial charge in [0, 0.05) is 30.5 Å². The third kappa shape index (κ3) is 4.29. The summed E-state index contributed by atoms with van der Waals surface area (Å²) in [6.07, 6.45) is 7.00. The predicted molar refractivity (Wildman–Crippen MR) is 90.9 cm³/mol. The van der Waals surface area contributed by atoms with E-state index in [9.17, 15) is 9.59 Å². The number of hydrogen-bond acceptors (Lipinski definition) is 3. The van der Waals surface area contributed by atoms with E-state index in [1.165, 1.54) is 0 Å². The molecule has 0 unspecified atom stereocenters. The van der Waals surface area contributed by atoms with Crippen LogP contribution >= 0.6 is 11.8 Å². The van der Waals surface area contributed by atoms with Gasteiger partial charge in [0.05, 0.1) is 12.1 Å². The summed E-state index contributed by atoms with van der Waals surface area (Å²) in [5, 5.41) is 6.42. The smallest absolute Gasteiger partial charge is 0.315 e. The maximum absolute atomic E-state index is 12.1. The molecule has 0 aliphatic carbocycles. The number of unbranched alkanes of at least 4 members (excludes halogenated alkanes) is 1. The molecule has 0 saturated carbocycles. The molecule has 5 nitrogen and oxygen atoms in total. The van der Waals surface area contributed by atoms with Gasteiger partial charge >= 0.3 is 6.03 Å². The second-order valence-corrected chi connectivity index (χ2v) is 7.02. The minimum atomic E-state index is -0.0417. The van der Waals surface area contributed by atoms with Crippen molar-refractivity contribution in [2.75, 3.05) is 18.8 Å². The molecule has 22 heavy (non-hydrogen) atoms. The molecule has 0 aromatic rings. The molecule has 0 aromatic carbocycles. The van der Waals surface area contributed by atoms with E-state index in [0.29, 0.717) is 24.8 Å². The molecule has 122 valence electrons. The summed E-state index contributed by atoms with van der Waals surface area (Å²) in [6, 6.07) is 0.492. The van der Waals surface area contributed by atoms with Crippen LogP contribution in [0.25, 0.3) is 0 Å². The highest BCUT2D eigenvalue weighted by Gasteiger charge is 2.42. The zero-order chi connectivity index (χ0) is 15.9. The Morgan fingerprint density at radius 2 is 2.00 bits per heavy atom. The second-order valence-electron chi connectivity index (χ2n) is 5.74. The van der Waals surface area contributed by atoms with Crippen molar-refractivity contribution in [3.05, 3.63) is 25.3 Å². The van der Waals surface area contributed by atoms with Gasteiger partial charge in [-0.05, 0) is 12.8 Å². The molecule has 0 spiro atoms. The van der Waals surface area contributed by atoms with Crippen LogP contribution in [-0.4, -0.2) is 53.0 Å². The molecule has 2 heterocycles. The third-order valence-corrected chi connectivity index (χ3v) is 5.63. The van der Waals surface area contributed by atoms with Gasteiger partial charge in [-0.15, -0.1) is 13.2 Å². The van der Waals surface area contributed by atoms with Crippen molar-refractivity contribution in [2.24, 2.45) is 0 Å². The van der Waals surface area contributed by atoms with Crippen LogP contribution in [0.4, 0.5) is 4.79 Å². The second kappa shape index (κ2) is 8.27. The molecule has 2 rings (SSSR count). The van der Waals surface area contributed by atoms with Crippen molar-refractivity contribution in [1.82, 2.24) is 15.5 Å². The summed E-state index contributed by atoms with van der Waals surface area (Å²) >= 11 is 1.92. The molecule has 2 aliphatic rings. The lowest BCUT2D eigenvalue weighted by atomic mass is 10.0. The van der Waals surface area contributed by atoms with Gasteiger partial charge in [0.2, 0.25) is 5.91 Å². The summed E-state index contributed by atoms with van der Waals surface area (Å²) in [7, 11) is 0. The van der Waals surface area contributed by atoms with Crippen molar-refractivity contribution in [3.8, 4) is 0 Å². The molecule has 0 radical (unpaired) electrons. The molecular formula is C16H25N3O2S. The summed E-state index contributed by atoms with van der Waals surface area (Å²) in [5.74, 6) is 1.15. The zero-order valence-corrected chi connectivity index (χ0v) is 13.7. The topological polar surface area (TPSA) is 61.4 Å². The van der Waals surface area contributed by atoms with Crippen LogP contribution in [0.5, 0.6) is 0 Å². The van der Waals surface area contributed by atoms with Crippen LogP contribution in [0.2, 0.25) is 0 Å². The maximum Gasteiger partial charge on any atom is 0.315 e. The molecule has 2 aliphatic heterocycles. The molecule has 6 heteroatoms. The fraction of sp³-hybridized carbons (Fsp3) is 0.625. The molecular weight excluding hydrogens is 298 g/mol. The van der Waals surface area contributed by atoms with E-state index in [1.54, 1.807) is 17.1 Å². The minimum Gasteiger partial charge on any atom is -0.335 e. The van der Waals surface area contributed by atoms with Gasteiger partial charge in [0.1, 0.15) is 0 Å². The summed E-state index contributed by atoms with van der Waals surface area (Å²) in [4.78, 5) is 25.2. The average Bonchev–Trinajstić information content (AvgIpc) is 3.03. The molecule has 3 amide bonds. The normalized spacial score (nSPS) is 26.0. The Hall–Kier alpha value is -1.43. The largest absolute Gasteiger partial charge is 0.335 e. The van der Waals surface area contributed by atoms with Gasteiger partial charge in [0.15, 0.2) is 0 Å². The lowest BCUT2D eigenvalue weighted by molar-refractivity contribution is -0.130. The number of nitrogens with zero attached hydrogens (tertiary/aromatic N) is 1. The van der Waals surface area contributed by atoms with Crippen LogP contribution in [0.3, 0.4) is 0 Å². The Balaban J connectivity index is 1.66. The number of amides is 3. The van der Waals surface area contributed by atoms with Crippen molar-refractivity contribution in [2.45, 2.75) is 43.0 Å². The van der Waals surface area contributed by atoms with Crippen LogP contribution in [-0.2, 0) is 4.79 Å². The summed E-state index contributed by atoms with van der Waals surface area (Å²) in [5.41, 5.74) is 0. The highest BCUT2D eigenvalue weighted by Crippen LogP contribution is 2.33. The van der Waals surface area contributed by atoms with Crippen LogP contribution in [0, 0.1) is 0 Å². The zero-order valence-electron chi connectivity index (χ0n) is 12.9. The SMILES string of the molecule is C=CCN(CC=C)C(=O)CCCC[C@@H]1SC[C@@H]2NC(=O)N[C@@H]21. The number of thioether (sulfide) groups is 1. The van der Waals surface area contributed by atoms with Gasteiger partial charge in [-0.1, -0.05) is 18.6 Å². The standard InChI is InChI=1S/C16H25N3O2S/c1-3-9-19(10-4-2)14(20)8-6-5-7-13-15-12(11-22-13)17-16(21)18-15/h3-4,12-13,15H,1-2,5-11H2,(H2,17,18,21)/t12-,13-,15-/m0/s1. The number of carbonyl (C=O) groups is 2. The Kier molecular flexibility index (Phi) is 6.36. The van der Waals surface area contributed by atoms with E-state index >= 15 is 0 Å². The highest BCUT2D eigenvalue weighted by molar-refractivity contribution is 8.00. The molecule has 3 atom stereocenters. The molecule has 0 bridgehead atoms. The van der Waals surface area contributed by atoms with Crippen LogP contribution in [0.15, 0.2) is 25.3 Å². The summed E-state index contributed by atoms with van der Waals surface area (Å²) < 4.78 is 0. The predicted octanol–water partition coefficient (Wildman–Crippen LogP) is 1.91. The Bertz CT molecular complexity index is 431. The van der Waals surface area contributed by atoms with Crippen molar-refractivity contribution >= 4 is 23.7 Å². The first-order valence-electron chi connectivity index (χ1n) is 7.84. The quantitative estimate of drug-likeness (QED) is 0.387. The fourth-order valence-electron chi connectivity index (χ4n) is 3.01. The maximum atomic E-state index is 12.1. The average molecular weight is 323 g/mol. The molecule has 2 saturated heterocycles. The molecule has 0 aromatic heterocycles. The van der Waals surface area contributed by atoms with E-state index < -0.39 is 0 Å². The van der Waals surface area contributed by atoms with Crippen LogP contribution in [0.1, 0.15) is 25.7 Å². The monoisotopic (exact) mass is 323 g/mol. The van der Waals surface area contributed by atoms with E-state index in [4.69, 9.17) is 0 Å². The summed E-state index contributed by atoms with van der Waals surface area (Å²) in [6.45, 7) is 8.51. The molecule has 2 N–H and O–H groups in total. The number of hydrogen-bond donors (Lipinski definition) is 2. The van der Waals surface area contributed by atoms with Crippen LogP contribution < -0.4 is 10.6 Å². The third-order valence-electron chi connectivity index (χ3n) is 4.12. The van der Waals surface area contributed by atoms with E-state index in [-0.39, 0.29) is 24.0 Å². The Labute approximate surface area is 136 Å².